The van der Waals surface area contributed by atoms with Crippen molar-refractivity contribution >= 4 is 5.97 Å². The topological polar surface area (TPSA) is 148 Å². The van der Waals surface area contributed by atoms with E-state index in [0.29, 0.717) is 12.1 Å². The lowest BCUT2D eigenvalue weighted by Crippen LogP contribution is -2.66. The van der Waals surface area contributed by atoms with Gasteiger partial charge in [0.25, 0.3) is 0 Å². The van der Waals surface area contributed by atoms with Crippen LogP contribution in [0, 0.1) is 0 Å². The van der Waals surface area contributed by atoms with Crippen LogP contribution in [-0.2, 0) is 6.54 Å². The molecule has 0 radical (unpaired) electrons. The molecule has 10 N–H and O–H groups in total. The molecule has 4 rings (SSSR count). The number of hydrogen-bond donors (Lipinski definition) is 9. The van der Waals surface area contributed by atoms with Gasteiger partial charge in [-0.15, -0.1) is 0 Å². The Morgan fingerprint density at radius 3 is 1.59 bits per heavy atom. The number of nitrogens with two attached hydrogens (primary N) is 1. The summed E-state index contributed by atoms with van der Waals surface area (Å²) < 4.78 is 0. The minimum atomic E-state index is -0.902. The first-order valence-electron chi connectivity index (χ1n) is 11.6. The van der Waals surface area contributed by atoms with Crippen LogP contribution in [0.3, 0.4) is 0 Å². The molecule has 0 amide bonds. The zero-order valence-electron chi connectivity index (χ0n) is 18.9. The first-order chi connectivity index (χ1) is 15.5. The monoisotopic (exact) mass is 448 g/mol. The van der Waals surface area contributed by atoms with Crippen LogP contribution in [0.25, 0.3) is 0 Å². The van der Waals surface area contributed by atoms with Crippen molar-refractivity contribution in [3.8, 4) is 0 Å². The predicted molar refractivity (Wildman–Crippen MR) is 127 cm³/mol. The maximum atomic E-state index is 11.1. The number of nitrogens with one attached hydrogen (secondary N) is 7. The Kier molecular flexibility index (Phi) is 9.82. The maximum absolute atomic E-state index is 11.1. The summed E-state index contributed by atoms with van der Waals surface area (Å²) in [7, 11) is 0. The fourth-order valence-electron chi connectivity index (χ4n) is 4.14. The number of aromatic carboxylic acids is 1. The Morgan fingerprint density at radius 2 is 1.19 bits per heavy atom. The molecule has 1 aromatic carbocycles. The molecular formula is C22H40N8O2. The summed E-state index contributed by atoms with van der Waals surface area (Å²) in [6.45, 7) is 10.5. The van der Waals surface area contributed by atoms with E-state index in [1.165, 1.54) is 0 Å². The minimum Gasteiger partial charge on any atom is -0.478 e. The van der Waals surface area contributed by atoms with E-state index in [1.54, 1.807) is 12.1 Å². The number of hydrogen-bond acceptors (Lipinski definition) is 9. The van der Waals surface area contributed by atoms with Gasteiger partial charge in [-0.25, -0.2) is 4.79 Å². The third-order valence-corrected chi connectivity index (χ3v) is 6.13. The number of carbonyl (C=O) groups is 1. The minimum absolute atomic E-state index is 0.197. The standard InChI is InChI=1S/C22H40N8O2/c23-21-12-24-5-8-27-15-22(16-28-9-6-25-13-21,17-29-10-7-26-14-21)30-11-18-1-3-19(4-2-18)20(31)32/h1-4,24-30H,5-17,23H2,(H,31,32). The average molecular weight is 449 g/mol. The van der Waals surface area contributed by atoms with Gasteiger partial charge in [-0.3, -0.25) is 0 Å². The molecule has 0 saturated carbocycles. The van der Waals surface area contributed by atoms with Crippen molar-refractivity contribution in [3.63, 3.8) is 0 Å². The normalized spacial score (nSPS) is 29.2. The first kappa shape index (κ1) is 25.0. The van der Waals surface area contributed by atoms with Crippen molar-refractivity contribution in [2.45, 2.75) is 17.6 Å². The molecule has 1 aromatic rings. The molecular weight excluding hydrogens is 408 g/mol. The smallest absolute Gasteiger partial charge is 0.335 e. The second-order valence-corrected chi connectivity index (χ2v) is 9.06. The van der Waals surface area contributed by atoms with E-state index in [1.807, 2.05) is 12.1 Å². The van der Waals surface area contributed by atoms with Crippen LogP contribution in [0.1, 0.15) is 15.9 Å². The van der Waals surface area contributed by atoms with Gasteiger partial charge in [0, 0.05) is 85.1 Å². The molecule has 180 valence electrons. The third-order valence-electron chi connectivity index (χ3n) is 6.13. The highest BCUT2D eigenvalue weighted by atomic mass is 16.4. The Labute approximate surface area is 190 Å². The summed E-state index contributed by atoms with van der Waals surface area (Å²) in [5, 5.41) is 34.2. The molecule has 0 aromatic heterocycles. The van der Waals surface area contributed by atoms with Gasteiger partial charge in [0.1, 0.15) is 0 Å². The molecule has 10 nitrogen and oxygen atoms in total. The number of fused-ring (bicyclic) bond motifs is 15. The van der Waals surface area contributed by atoms with Crippen molar-refractivity contribution in [1.29, 1.82) is 0 Å². The van der Waals surface area contributed by atoms with Gasteiger partial charge in [-0.1, -0.05) is 12.1 Å². The number of carboxylic acid groups (broad SMARTS) is 1. The van der Waals surface area contributed by atoms with Crippen LogP contribution >= 0.6 is 0 Å². The molecule has 3 heterocycles. The van der Waals surface area contributed by atoms with Crippen molar-refractivity contribution in [2.75, 3.05) is 78.5 Å². The summed E-state index contributed by atoms with van der Waals surface area (Å²) in [4.78, 5) is 11.1. The first-order valence-corrected chi connectivity index (χ1v) is 11.6. The Morgan fingerprint density at radius 1 is 0.781 bits per heavy atom. The lowest BCUT2D eigenvalue weighted by Gasteiger charge is -2.37. The molecule has 2 bridgehead atoms. The second-order valence-electron chi connectivity index (χ2n) is 9.06. The fraction of sp³-hybridized carbons (Fsp3) is 0.682. The summed E-state index contributed by atoms with van der Waals surface area (Å²) in [6, 6.07) is 7.08. The third kappa shape index (κ3) is 8.05. The highest BCUT2D eigenvalue weighted by molar-refractivity contribution is 5.87. The highest BCUT2D eigenvalue weighted by Crippen LogP contribution is 2.09. The molecule has 3 fully saturated rings. The zero-order valence-corrected chi connectivity index (χ0v) is 18.9. The Bertz CT molecular complexity index is 656. The largest absolute Gasteiger partial charge is 0.478 e. The van der Waals surface area contributed by atoms with Crippen molar-refractivity contribution in [1.82, 2.24) is 37.2 Å². The van der Waals surface area contributed by atoms with Crippen LogP contribution in [-0.4, -0.2) is 101 Å². The van der Waals surface area contributed by atoms with Gasteiger partial charge < -0.3 is 48.1 Å². The van der Waals surface area contributed by atoms with Crippen molar-refractivity contribution in [3.05, 3.63) is 35.4 Å². The summed E-state index contributed by atoms with van der Waals surface area (Å²) in [5.41, 5.74) is 7.50. The van der Waals surface area contributed by atoms with Crippen LogP contribution in [0.2, 0.25) is 0 Å². The second kappa shape index (κ2) is 12.6. The number of benzene rings is 1. The van der Waals surface area contributed by atoms with E-state index in [0.717, 1.165) is 84.1 Å². The predicted octanol–water partition coefficient (Wildman–Crippen LogP) is -2.52. The van der Waals surface area contributed by atoms with Crippen molar-refractivity contribution < 1.29 is 9.90 Å². The van der Waals surface area contributed by atoms with E-state index in [4.69, 9.17) is 10.8 Å². The van der Waals surface area contributed by atoms with Gasteiger partial charge in [-0.05, 0) is 17.7 Å². The quantitative estimate of drug-likeness (QED) is 0.242. The van der Waals surface area contributed by atoms with Gasteiger partial charge >= 0.3 is 5.97 Å². The highest BCUT2D eigenvalue weighted by Gasteiger charge is 2.30. The lowest BCUT2D eigenvalue weighted by molar-refractivity contribution is 0.0697. The molecule has 0 atom stereocenters. The summed E-state index contributed by atoms with van der Waals surface area (Å²) in [5.74, 6) is -0.902. The van der Waals surface area contributed by atoms with E-state index < -0.39 is 5.97 Å². The Hall–Kier alpha value is -1.63. The fourth-order valence-corrected chi connectivity index (χ4v) is 4.14. The number of rotatable bonds is 4. The molecule has 3 aliphatic heterocycles. The van der Waals surface area contributed by atoms with Crippen LogP contribution in [0.5, 0.6) is 0 Å². The molecule has 0 aliphatic carbocycles. The van der Waals surface area contributed by atoms with Gasteiger partial charge in [0.2, 0.25) is 0 Å². The average Bonchev–Trinajstić information content (AvgIpc) is 2.79. The van der Waals surface area contributed by atoms with Gasteiger partial charge in [-0.2, -0.15) is 0 Å². The summed E-state index contributed by atoms with van der Waals surface area (Å²) in [6.07, 6.45) is 0. The molecule has 3 aliphatic rings. The summed E-state index contributed by atoms with van der Waals surface area (Å²) >= 11 is 0. The van der Waals surface area contributed by atoms with Crippen molar-refractivity contribution in [2.24, 2.45) is 5.73 Å². The van der Waals surface area contributed by atoms with Crippen LogP contribution in [0.15, 0.2) is 24.3 Å². The number of carboxylic acids is 1. The van der Waals surface area contributed by atoms with E-state index in [-0.39, 0.29) is 11.1 Å². The maximum Gasteiger partial charge on any atom is 0.335 e. The SMILES string of the molecule is NC12CNCCNCC(NCc3ccc(C(=O)O)cc3)(CNCCNC1)CNCCNC2. The molecule has 0 unspecified atom stereocenters. The zero-order chi connectivity index (χ0) is 22.7. The van der Waals surface area contributed by atoms with E-state index >= 15 is 0 Å². The van der Waals surface area contributed by atoms with Crippen LogP contribution in [0.4, 0.5) is 0 Å². The molecule has 32 heavy (non-hydrogen) atoms. The molecule has 10 heteroatoms. The molecule has 3 saturated heterocycles. The van der Waals surface area contributed by atoms with E-state index in [9.17, 15) is 4.79 Å². The van der Waals surface area contributed by atoms with E-state index in [2.05, 4.69) is 37.2 Å². The Balaban J connectivity index is 1.70. The van der Waals surface area contributed by atoms with Gasteiger partial charge in [0.05, 0.1) is 16.6 Å². The van der Waals surface area contributed by atoms with Gasteiger partial charge in [0.15, 0.2) is 0 Å². The molecule has 0 spiro atoms. The lowest BCUT2D eigenvalue weighted by atomic mass is 9.97. The van der Waals surface area contributed by atoms with Crippen LogP contribution < -0.4 is 43.0 Å².